The average Bonchev–Trinajstić information content (AvgIpc) is 3.19. The molecule has 1 N–H and O–H groups in total. The van der Waals surface area contributed by atoms with E-state index in [1.807, 2.05) is 26.0 Å². The minimum Gasteiger partial charge on any atom is -0.490 e. The number of aromatic nitrogens is 2. The highest BCUT2D eigenvalue weighted by Gasteiger charge is 2.25. The number of carbonyl (C=O) groups excluding carboxylic acids is 1. The molecule has 180 valence electrons. The second kappa shape index (κ2) is 10.4. The molecule has 2 atom stereocenters. The molecule has 3 aromatic rings. The first kappa shape index (κ1) is 23.9. The van der Waals surface area contributed by atoms with Crippen molar-refractivity contribution in [3.05, 3.63) is 50.9 Å². The molecule has 1 aliphatic rings. The zero-order valence-corrected chi connectivity index (χ0v) is 20.8. The summed E-state index contributed by atoms with van der Waals surface area (Å²) in [7, 11) is 0. The third-order valence-electron chi connectivity index (χ3n) is 5.99. The molecule has 0 radical (unpaired) electrons. The van der Waals surface area contributed by atoms with E-state index in [2.05, 4.69) is 22.4 Å². The van der Waals surface area contributed by atoms with E-state index in [9.17, 15) is 9.59 Å². The summed E-state index contributed by atoms with van der Waals surface area (Å²) in [5, 5.41) is 4.73. The van der Waals surface area contributed by atoms with E-state index in [0.29, 0.717) is 36.0 Å². The van der Waals surface area contributed by atoms with Crippen LogP contribution >= 0.6 is 11.3 Å². The lowest BCUT2D eigenvalue weighted by Crippen LogP contribution is -2.34. The number of amides is 1. The third-order valence-corrected chi connectivity index (χ3v) is 7.16. The Morgan fingerprint density at radius 3 is 2.85 bits per heavy atom. The molecule has 0 spiro atoms. The maximum Gasteiger partial charge on any atom is 0.263 e. The zero-order chi connectivity index (χ0) is 24.2. The Morgan fingerprint density at radius 1 is 1.32 bits per heavy atom. The highest BCUT2D eigenvalue weighted by molar-refractivity contribution is 7.18. The molecule has 0 saturated carbocycles. The van der Waals surface area contributed by atoms with Crippen molar-refractivity contribution in [2.24, 2.45) is 11.0 Å². The van der Waals surface area contributed by atoms with Gasteiger partial charge in [0.15, 0.2) is 11.5 Å². The molecule has 9 heteroatoms. The molecule has 0 fully saturated rings. The van der Waals surface area contributed by atoms with Gasteiger partial charge < -0.3 is 9.47 Å². The van der Waals surface area contributed by atoms with Gasteiger partial charge in [-0.25, -0.2) is 10.4 Å². The van der Waals surface area contributed by atoms with Crippen LogP contribution in [0.25, 0.3) is 10.2 Å². The predicted octanol–water partition coefficient (Wildman–Crippen LogP) is 4.09. The summed E-state index contributed by atoms with van der Waals surface area (Å²) in [4.78, 5) is 32.5. The molecule has 0 bridgehead atoms. The van der Waals surface area contributed by atoms with Crippen molar-refractivity contribution >= 4 is 33.7 Å². The van der Waals surface area contributed by atoms with Crippen LogP contribution < -0.4 is 20.5 Å². The minimum atomic E-state index is -0.751. The molecule has 2 heterocycles. The number of hydrazone groups is 1. The Morgan fingerprint density at radius 2 is 2.09 bits per heavy atom. The lowest BCUT2D eigenvalue weighted by molar-refractivity contribution is -0.123. The van der Waals surface area contributed by atoms with E-state index in [0.717, 1.165) is 35.2 Å². The van der Waals surface area contributed by atoms with Crippen LogP contribution in [0.4, 0.5) is 0 Å². The van der Waals surface area contributed by atoms with E-state index in [-0.39, 0.29) is 5.56 Å². The predicted molar refractivity (Wildman–Crippen MR) is 134 cm³/mol. The topological polar surface area (TPSA) is 94.8 Å². The van der Waals surface area contributed by atoms with Crippen molar-refractivity contribution in [2.45, 2.75) is 53.0 Å². The van der Waals surface area contributed by atoms with E-state index in [1.54, 1.807) is 24.3 Å². The Kier molecular flexibility index (Phi) is 7.31. The third kappa shape index (κ3) is 4.84. The van der Waals surface area contributed by atoms with Crippen molar-refractivity contribution in [1.29, 1.82) is 0 Å². The number of nitrogens with zero attached hydrogens (tertiary/aromatic N) is 3. The SMILES string of the molecule is CCOc1ccc(C=NNC(=O)C(C)n2cnc3sc4c(c3c2=O)CCC(C)C4)cc1OCC. The fraction of sp³-hybridized carbons (Fsp3) is 0.440. The van der Waals surface area contributed by atoms with Gasteiger partial charge in [0.2, 0.25) is 0 Å². The summed E-state index contributed by atoms with van der Waals surface area (Å²) in [6.45, 7) is 8.76. The van der Waals surface area contributed by atoms with Crippen molar-refractivity contribution in [3.8, 4) is 11.5 Å². The van der Waals surface area contributed by atoms with Gasteiger partial charge in [-0.3, -0.25) is 14.2 Å². The number of hydrogen-bond acceptors (Lipinski definition) is 7. The molecule has 0 aliphatic heterocycles. The summed E-state index contributed by atoms with van der Waals surface area (Å²) in [5.41, 5.74) is 4.22. The summed E-state index contributed by atoms with van der Waals surface area (Å²) >= 11 is 1.60. The highest BCUT2D eigenvalue weighted by atomic mass is 32.1. The molecule has 1 amide bonds. The van der Waals surface area contributed by atoms with Crippen LogP contribution in [-0.2, 0) is 17.6 Å². The first-order chi connectivity index (χ1) is 16.4. The number of nitrogens with one attached hydrogen (secondary N) is 1. The van der Waals surface area contributed by atoms with E-state index < -0.39 is 11.9 Å². The van der Waals surface area contributed by atoms with Crippen molar-refractivity contribution in [1.82, 2.24) is 15.0 Å². The normalized spacial score (nSPS) is 16.4. The van der Waals surface area contributed by atoms with Crippen LogP contribution in [-0.4, -0.2) is 34.9 Å². The Balaban J connectivity index is 1.50. The van der Waals surface area contributed by atoms with Crippen molar-refractivity contribution in [3.63, 3.8) is 0 Å². The minimum absolute atomic E-state index is 0.170. The number of rotatable bonds is 8. The molecule has 34 heavy (non-hydrogen) atoms. The fourth-order valence-corrected chi connectivity index (χ4v) is 5.50. The van der Waals surface area contributed by atoms with Gasteiger partial charge in [0, 0.05) is 4.88 Å². The summed E-state index contributed by atoms with van der Waals surface area (Å²) in [6, 6.07) is 4.69. The number of thiophene rings is 1. The largest absolute Gasteiger partial charge is 0.490 e. The van der Waals surface area contributed by atoms with Gasteiger partial charge in [-0.1, -0.05) is 6.92 Å². The average molecular weight is 483 g/mol. The molecular weight excluding hydrogens is 452 g/mol. The van der Waals surface area contributed by atoms with E-state index in [4.69, 9.17) is 9.47 Å². The van der Waals surface area contributed by atoms with Gasteiger partial charge in [-0.05, 0) is 75.3 Å². The van der Waals surface area contributed by atoms with Gasteiger partial charge in [-0.15, -0.1) is 11.3 Å². The lowest BCUT2D eigenvalue weighted by Gasteiger charge is -2.18. The van der Waals surface area contributed by atoms with Crippen LogP contribution in [0.3, 0.4) is 0 Å². The van der Waals surface area contributed by atoms with Crippen LogP contribution in [0.2, 0.25) is 0 Å². The molecule has 8 nitrogen and oxygen atoms in total. The molecule has 1 aromatic carbocycles. The second-order valence-corrected chi connectivity index (χ2v) is 9.55. The van der Waals surface area contributed by atoms with Crippen LogP contribution in [0.1, 0.15) is 56.2 Å². The number of ether oxygens (including phenoxy) is 2. The first-order valence-corrected chi connectivity index (χ1v) is 12.5. The molecule has 0 saturated heterocycles. The maximum atomic E-state index is 13.3. The number of benzene rings is 1. The lowest BCUT2D eigenvalue weighted by atomic mass is 9.89. The summed E-state index contributed by atoms with van der Waals surface area (Å²) in [6.07, 6.45) is 5.92. The van der Waals surface area contributed by atoms with Crippen molar-refractivity contribution < 1.29 is 14.3 Å². The molecular formula is C25H30N4O4S. The van der Waals surface area contributed by atoms with Gasteiger partial charge in [0.25, 0.3) is 11.5 Å². The Bertz CT molecular complexity index is 1280. The quantitative estimate of drug-likeness (QED) is 0.385. The van der Waals surface area contributed by atoms with Crippen LogP contribution in [0, 0.1) is 5.92 Å². The van der Waals surface area contributed by atoms with Crippen LogP contribution in [0.15, 0.2) is 34.4 Å². The molecule has 1 aliphatic carbocycles. The van der Waals surface area contributed by atoms with Crippen molar-refractivity contribution in [2.75, 3.05) is 13.2 Å². The number of hydrogen-bond donors (Lipinski definition) is 1. The van der Waals surface area contributed by atoms with Gasteiger partial charge in [0.1, 0.15) is 10.9 Å². The standard InChI is InChI=1S/C25H30N4O4S/c1-5-32-19-10-8-17(12-20(19)33-6-2)13-27-28-23(30)16(4)29-14-26-24-22(25(29)31)18-9-7-15(3)11-21(18)34-24/h8,10,12-16H,5-7,9,11H2,1-4H3,(H,28,30). The number of aryl methyl sites for hydroxylation is 1. The molecule has 2 unspecified atom stereocenters. The highest BCUT2D eigenvalue weighted by Crippen LogP contribution is 2.35. The number of fused-ring (bicyclic) bond motifs is 3. The fourth-order valence-electron chi connectivity index (χ4n) is 4.16. The smallest absolute Gasteiger partial charge is 0.263 e. The molecule has 2 aromatic heterocycles. The van der Waals surface area contributed by atoms with E-state index in [1.165, 1.54) is 22.0 Å². The Hall–Kier alpha value is -3.20. The summed E-state index contributed by atoms with van der Waals surface area (Å²) in [5.74, 6) is 1.50. The Labute approximate surface area is 202 Å². The van der Waals surface area contributed by atoms with Gasteiger partial charge in [-0.2, -0.15) is 5.10 Å². The second-order valence-electron chi connectivity index (χ2n) is 8.47. The summed E-state index contributed by atoms with van der Waals surface area (Å²) < 4.78 is 12.6. The monoisotopic (exact) mass is 482 g/mol. The van der Waals surface area contributed by atoms with Gasteiger partial charge >= 0.3 is 0 Å². The van der Waals surface area contributed by atoms with Gasteiger partial charge in [0.05, 0.1) is 31.1 Å². The first-order valence-electron chi connectivity index (χ1n) is 11.7. The maximum absolute atomic E-state index is 13.3. The zero-order valence-electron chi connectivity index (χ0n) is 20.0. The number of carbonyl (C=O) groups is 1. The molecule has 4 rings (SSSR count). The van der Waals surface area contributed by atoms with E-state index >= 15 is 0 Å². The van der Waals surface area contributed by atoms with Crippen LogP contribution in [0.5, 0.6) is 11.5 Å².